The number of rotatable bonds is 11. The predicted molar refractivity (Wildman–Crippen MR) is 101 cm³/mol. The van der Waals surface area contributed by atoms with Gasteiger partial charge in [-0.05, 0) is 56.3 Å². The van der Waals surface area contributed by atoms with Crippen LogP contribution in [0.15, 0.2) is 58.3 Å². The van der Waals surface area contributed by atoms with Gasteiger partial charge in [-0.2, -0.15) is 0 Å². The van der Waals surface area contributed by atoms with E-state index in [4.69, 9.17) is 9.84 Å². The number of halogens is 1. The molecule has 0 saturated carbocycles. The predicted octanol–water partition coefficient (Wildman–Crippen LogP) is 4.54. The Balaban J connectivity index is 1.82. The summed E-state index contributed by atoms with van der Waals surface area (Å²) in [6.45, 7) is 4.06. The first-order valence-electron chi connectivity index (χ1n) is 8.68. The van der Waals surface area contributed by atoms with Crippen molar-refractivity contribution in [2.75, 3.05) is 26.2 Å². The summed E-state index contributed by atoms with van der Waals surface area (Å²) in [6.07, 6.45) is 1.72. The molecule has 0 aliphatic carbocycles. The second-order valence-electron chi connectivity index (χ2n) is 5.82. The fourth-order valence-corrected chi connectivity index (χ4v) is 3.42. The number of nitrogens with zero attached hydrogens (tertiary/aromatic N) is 1. The summed E-state index contributed by atoms with van der Waals surface area (Å²) in [4.78, 5) is 14.4. The van der Waals surface area contributed by atoms with E-state index in [1.807, 2.05) is 42.2 Å². The standard InChI is InChI=1S/C20H24FNO3S/c1-2-22(15-20(23)24)12-5-6-13-25-18-10-3-4-11-19(18)26-17-9-7-8-16(21)14-17/h3-4,7-11,14H,2,5-6,12-13,15H2,1H3,(H,23,24). The van der Waals surface area contributed by atoms with Gasteiger partial charge in [0.15, 0.2) is 0 Å². The maximum Gasteiger partial charge on any atom is 0.317 e. The van der Waals surface area contributed by atoms with Crippen molar-refractivity contribution in [3.05, 3.63) is 54.3 Å². The smallest absolute Gasteiger partial charge is 0.317 e. The molecule has 0 heterocycles. The van der Waals surface area contributed by atoms with Crippen molar-refractivity contribution < 1.29 is 19.0 Å². The number of carbonyl (C=O) groups is 1. The van der Waals surface area contributed by atoms with E-state index in [9.17, 15) is 9.18 Å². The quantitative estimate of drug-likeness (QED) is 0.583. The van der Waals surface area contributed by atoms with Crippen LogP contribution in [0.1, 0.15) is 19.8 Å². The number of benzene rings is 2. The lowest BCUT2D eigenvalue weighted by molar-refractivity contribution is -0.138. The van der Waals surface area contributed by atoms with E-state index in [-0.39, 0.29) is 12.4 Å². The molecule has 2 aromatic carbocycles. The molecule has 0 aliphatic rings. The molecule has 0 bridgehead atoms. The molecule has 0 radical (unpaired) electrons. The number of hydrogen-bond donors (Lipinski definition) is 1. The molecule has 140 valence electrons. The monoisotopic (exact) mass is 377 g/mol. The summed E-state index contributed by atoms with van der Waals surface area (Å²) < 4.78 is 19.2. The Morgan fingerprint density at radius 1 is 1.19 bits per heavy atom. The lowest BCUT2D eigenvalue weighted by Gasteiger charge is -2.17. The third-order valence-electron chi connectivity index (χ3n) is 3.81. The molecule has 4 nitrogen and oxygen atoms in total. The maximum absolute atomic E-state index is 13.3. The molecular weight excluding hydrogens is 353 g/mol. The minimum atomic E-state index is -0.800. The highest BCUT2D eigenvalue weighted by Crippen LogP contribution is 2.35. The number of hydrogen-bond acceptors (Lipinski definition) is 4. The largest absolute Gasteiger partial charge is 0.492 e. The fraction of sp³-hybridized carbons (Fsp3) is 0.350. The summed E-state index contributed by atoms with van der Waals surface area (Å²) in [5, 5.41) is 8.84. The van der Waals surface area contributed by atoms with Crippen molar-refractivity contribution in [3.8, 4) is 5.75 Å². The van der Waals surface area contributed by atoms with E-state index in [1.54, 1.807) is 6.07 Å². The second kappa shape index (κ2) is 10.8. The molecule has 0 unspecified atom stereocenters. The van der Waals surface area contributed by atoms with Crippen LogP contribution in [0.5, 0.6) is 5.75 Å². The first-order valence-corrected chi connectivity index (χ1v) is 9.49. The van der Waals surface area contributed by atoms with Gasteiger partial charge in [0.2, 0.25) is 0 Å². The Hall–Kier alpha value is -2.05. The van der Waals surface area contributed by atoms with E-state index < -0.39 is 5.97 Å². The van der Waals surface area contributed by atoms with Crippen LogP contribution >= 0.6 is 11.8 Å². The van der Waals surface area contributed by atoms with Crippen molar-refractivity contribution >= 4 is 17.7 Å². The zero-order valence-corrected chi connectivity index (χ0v) is 15.7. The first kappa shape index (κ1) is 20.3. The summed E-state index contributed by atoms with van der Waals surface area (Å²) in [6, 6.07) is 14.2. The van der Waals surface area contributed by atoms with Crippen molar-refractivity contribution in [1.82, 2.24) is 4.90 Å². The highest BCUT2D eigenvalue weighted by atomic mass is 32.2. The Labute approximate surface area is 158 Å². The van der Waals surface area contributed by atoms with Crippen molar-refractivity contribution in [1.29, 1.82) is 0 Å². The molecule has 2 rings (SSSR count). The van der Waals surface area contributed by atoms with Gasteiger partial charge in [-0.25, -0.2) is 4.39 Å². The van der Waals surface area contributed by atoms with Crippen LogP contribution in [0.3, 0.4) is 0 Å². The number of para-hydroxylation sites is 1. The topological polar surface area (TPSA) is 49.8 Å². The first-order chi connectivity index (χ1) is 12.6. The summed E-state index contributed by atoms with van der Waals surface area (Å²) in [5.74, 6) is -0.277. The minimum absolute atomic E-state index is 0.0739. The van der Waals surface area contributed by atoms with Crippen LogP contribution in [0.4, 0.5) is 4.39 Å². The van der Waals surface area contributed by atoms with Crippen LogP contribution in [-0.4, -0.2) is 42.2 Å². The lowest BCUT2D eigenvalue weighted by atomic mass is 10.3. The minimum Gasteiger partial charge on any atom is -0.492 e. The molecular formula is C20H24FNO3S. The van der Waals surface area contributed by atoms with E-state index in [1.165, 1.54) is 23.9 Å². The number of aliphatic carboxylic acids is 1. The molecule has 0 aromatic heterocycles. The van der Waals surface area contributed by atoms with E-state index in [0.717, 1.165) is 41.5 Å². The van der Waals surface area contributed by atoms with Gasteiger partial charge in [0.05, 0.1) is 18.0 Å². The van der Waals surface area contributed by atoms with Gasteiger partial charge in [0, 0.05) is 4.90 Å². The molecule has 0 fully saturated rings. The Bertz CT molecular complexity index is 711. The molecule has 0 aliphatic heterocycles. The van der Waals surface area contributed by atoms with E-state index in [0.29, 0.717) is 6.61 Å². The molecule has 0 spiro atoms. The molecule has 2 aromatic rings. The van der Waals surface area contributed by atoms with Gasteiger partial charge >= 0.3 is 5.97 Å². The summed E-state index contributed by atoms with van der Waals surface area (Å²) in [5.41, 5.74) is 0. The SMILES string of the molecule is CCN(CCCCOc1ccccc1Sc1cccc(F)c1)CC(=O)O. The third kappa shape index (κ3) is 7.06. The van der Waals surface area contributed by atoms with Crippen LogP contribution in [-0.2, 0) is 4.79 Å². The zero-order chi connectivity index (χ0) is 18.8. The molecule has 1 N–H and O–H groups in total. The molecule has 0 saturated heterocycles. The fourth-order valence-electron chi connectivity index (χ4n) is 2.47. The summed E-state index contributed by atoms with van der Waals surface area (Å²) in [7, 11) is 0. The molecule has 0 atom stereocenters. The van der Waals surface area contributed by atoms with Gasteiger partial charge in [0.1, 0.15) is 11.6 Å². The maximum atomic E-state index is 13.3. The number of carboxylic acids is 1. The Kier molecular flexibility index (Phi) is 8.44. The highest BCUT2D eigenvalue weighted by molar-refractivity contribution is 7.99. The van der Waals surface area contributed by atoms with Crippen molar-refractivity contribution in [2.45, 2.75) is 29.6 Å². The van der Waals surface area contributed by atoms with E-state index >= 15 is 0 Å². The molecule has 6 heteroatoms. The second-order valence-corrected chi connectivity index (χ2v) is 6.94. The van der Waals surface area contributed by atoms with Gasteiger partial charge < -0.3 is 9.84 Å². The number of likely N-dealkylation sites (N-methyl/N-ethyl adjacent to an activating group) is 1. The van der Waals surface area contributed by atoms with E-state index in [2.05, 4.69) is 0 Å². The lowest BCUT2D eigenvalue weighted by Crippen LogP contribution is -2.30. The number of unbranched alkanes of at least 4 members (excludes halogenated alkanes) is 1. The number of carboxylic acid groups (broad SMARTS) is 1. The van der Waals surface area contributed by atoms with Gasteiger partial charge in [0.25, 0.3) is 0 Å². The average Bonchev–Trinajstić information content (AvgIpc) is 2.61. The zero-order valence-electron chi connectivity index (χ0n) is 14.9. The van der Waals surface area contributed by atoms with Gasteiger partial charge in [-0.3, -0.25) is 9.69 Å². The third-order valence-corrected chi connectivity index (χ3v) is 4.85. The molecule has 26 heavy (non-hydrogen) atoms. The average molecular weight is 377 g/mol. The van der Waals surface area contributed by atoms with Crippen molar-refractivity contribution in [3.63, 3.8) is 0 Å². The van der Waals surface area contributed by atoms with Crippen LogP contribution in [0.2, 0.25) is 0 Å². The Morgan fingerprint density at radius 3 is 2.73 bits per heavy atom. The van der Waals surface area contributed by atoms with Crippen LogP contribution in [0.25, 0.3) is 0 Å². The van der Waals surface area contributed by atoms with Crippen LogP contribution < -0.4 is 4.74 Å². The summed E-state index contributed by atoms with van der Waals surface area (Å²) >= 11 is 1.47. The van der Waals surface area contributed by atoms with Gasteiger partial charge in [-0.1, -0.05) is 36.9 Å². The van der Waals surface area contributed by atoms with Crippen LogP contribution in [0, 0.1) is 5.82 Å². The highest BCUT2D eigenvalue weighted by Gasteiger charge is 2.08. The van der Waals surface area contributed by atoms with Gasteiger partial charge in [-0.15, -0.1) is 0 Å². The van der Waals surface area contributed by atoms with Crippen molar-refractivity contribution in [2.24, 2.45) is 0 Å². The Morgan fingerprint density at radius 2 is 2.00 bits per heavy atom. The number of ether oxygens (including phenoxy) is 1. The molecule has 0 amide bonds. The normalized spacial score (nSPS) is 10.9.